The quantitative estimate of drug-likeness (QED) is 0.914. The Morgan fingerprint density at radius 2 is 1.85 bits per heavy atom. The van der Waals surface area contributed by atoms with Crippen LogP contribution in [-0.4, -0.2) is 52.7 Å². The second-order valence-electron chi connectivity index (χ2n) is 6.60. The van der Waals surface area contributed by atoms with Crippen molar-refractivity contribution in [3.63, 3.8) is 0 Å². The van der Waals surface area contributed by atoms with Crippen molar-refractivity contribution in [3.8, 4) is 0 Å². The lowest BCUT2D eigenvalue weighted by Gasteiger charge is -2.46. The highest BCUT2D eigenvalue weighted by atomic mass is 16.3. The van der Waals surface area contributed by atoms with Crippen LogP contribution < -0.4 is 0 Å². The molecule has 20 heavy (non-hydrogen) atoms. The minimum Gasteiger partial charge on any atom is -0.387 e. The minimum atomic E-state index is -0.586. The van der Waals surface area contributed by atoms with Gasteiger partial charge < -0.3 is 5.11 Å². The van der Waals surface area contributed by atoms with Gasteiger partial charge in [0.1, 0.15) is 0 Å². The van der Waals surface area contributed by atoms with E-state index < -0.39 is 5.60 Å². The van der Waals surface area contributed by atoms with Crippen molar-refractivity contribution < 1.29 is 5.11 Å². The summed E-state index contributed by atoms with van der Waals surface area (Å²) >= 11 is 0. The third-order valence-corrected chi connectivity index (χ3v) is 4.81. The first-order valence-electron chi connectivity index (χ1n) is 7.88. The average Bonchev–Trinajstić information content (AvgIpc) is 2.92. The summed E-state index contributed by atoms with van der Waals surface area (Å²) in [6.45, 7) is 7.17. The monoisotopic (exact) mass is 274 g/mol. The molecule has 110 valence electrons. The standard InChI is InChI=1S/C17H26N2O/c1-17(20)14-18(13-15-7-3-2-4-8-15)12-9-16(17)19-10-5-6-11-19/h2-4,7-8,16,20H,5-6,9-14H2,1H3. The van der Waals surface area contributed by atoms with Crippen molar-refractivity contribution in [1.29, 1.82) is 0 Å². The van der Waals surface area contributed by atoms with E-state index in [1.165, 1.54) is 31.5 Å². The van der Waals surface area contributed by atoms with Crippen LogP contribution in [0.3, 0.4) is 0 Å². The molecule has 1 aromatic rings. The third kappa shape index (κ3) is 3.05. The van der Waals surface area contributed by atoms with Crippen LogP contribution in [0.25, 0.3) is 0 Å². The zero-order valence-corrected chi connectivity index (χ0v) is 12.5. The Hall–Kier alpha value is -0.900. The van der Waals surface area contributed by atoms with E-state index in [-0.39, 0.29) is 0 Å². The molecule has 1 aromatic carbocycles. The lowest BCUT2D eigenvalue weighted by atomic mass is 9.87. The van der Waals surface area contributed by atoms with E-state index in [2.05, 4.69) is 40.1 Å². The summed E-state index contributed by atoms with van der Waals surface area (Å²) in [6, 6.07) is 10.9. The predicted molar refractivity (Wildman–Crippen MR) is 81.6 cm³/mol. The van der Waals surface area contributed by atoms with Crippen LogP contribution in [0.2, 0.25) is 0 Å². The molecule has 2 atom stereocenters. The smallest absolute Gasteiger partial charge is 0.0900 e. The number of piperidine rings is 1. The van der Waals surface area contributed by atoms with Gasteiger partial charge >= 0.3 is 0 Å². The van der Waals surface area contributed by atoms with Gasteiger partial charge in [-0.2, -0.15) is 0 Å². The van der Waals surface area contributed by atoms with Crippen molar-refractivity contribution in [2.24, 2.45) is 0 Å². The highest BCUT2D eigenvalue weighted by Crippen LogP contribution is 2.29. The molecular formula is C17H26N2O. The van der Waals surface area contributed by atoms with Crippen molar-refractivity contribution >= 4 is 0 Å². The number of rotatable bonds is 3. The first-order valence-corrected chi connectivity index (χ1v) is 7.88. The van der Waals surface area contributed by atoms with E-state index in [0.29, 0.717) is 6.04 Å². The van der Waals surface area contributed by atoms with Crippen molar-refractivity contribution in [2.45, 2.75) is 44.4 Å². The largest absolute Gasteiger partial charge is 0.387 e. The van der Waals surface area contributed by atoms with E-state index >= 15 is 0 Å². The number of benzene rings is 1. The number of hydrogen-bond donors (Lipinski definition) is 1. The Morgan fingerprint density at radius 3 is 2.50 bits per heavy atom. The molecule has 2 unspecified atom stereocenters. The highest BCUT2D eigenvalue weighted by Gasteiger charge is 2.41. The molecule has 2 saturated heterocycles. The molecule has 2 heterocycles. The summed E-state index contributed by atoms with van der Waals surface area (Å²) in [7, 11) is 0. The molecule has 2 fully saturated rings. The van der Waals surface area contributed by atoms with E-state index in [9.17, 15) is 5.11 Å². The molecule has 0 aliphatic carbocycles. The van der Waals surface area contributed by atoms with Gasteiger partial charge in [-0.25, -0.2) is 0 Å². The zero-order chi connectivity index (χ0) is 14.0. The first kappa shape index (κ1) is 14.1. The number of nitrogens with zero attached hydrogens (tertiary/aromatic N) is 2. The van der Waals surface area contributed by atoms with Gasteiger partial charge in [-0.3, -0.25) is 9.80 Å². The third-order valence-electron chi connectivity index (χ3n) is 4.81. The molecule has 0 amide bonds. The fourth-order valence-electron chi connectivity index (χ4n) is 3.86. The van der Waals surface area contributed by atoms with E-state index in [1.807, 2.05) is 6.92 Å². The van der Waals surface area contributed by atoms with E-state index in [4.69, 9.17) is 0 Å². The molecule has 2 aliphatic rings. The van der Waals surface area contributed by atoms with Crippen molar-refractivity contribution in [3.05, 3.63) is 35.9 Å². The topological polar surface area (TPSA) is 26.7 Å². The number of aliphatic hydroxyl groups is 1. The van der Waals surface area contributed by atoms with Crippen LogP contribution in [-0.2, 0) is 6.54 Å². The molecule has 3 heteroatoms. The van der Waals surface area contributed by atoms with Crippen LogP contribution in [0.4, 0.5) is 0 Å². The Morgan fingerprint density at radius 1 is 1.15 bits per heavy atom. The molecule has 0 bridgehead atoms. The lowest BCUT2D eigenvalue weighted by Crippen LogP contribution is -2.60. The van der Waals surface area contributed by atoms with Gasteiger partial charge in [0.15, 0.2) is 0 Å². The van der Waals surface area contributed by atoms with Crippen molar-refractivity contribution in [2.75, 3.05) is 26.2 Å². The van der Waals surface area contributed by atoms with E-state index in [1.54, 1.807) is 0 Å². The average molecular weight is 274 g/mol. The summed E-state index contributed by atoms with van der Waals surface area (Å²) in [5.41, 5.74) is 0.750. The first-order chi connectivity index (χ1) is 9.65. The Balaban J connectivity index is 1.62. The van der Waals surface area contributed by atoms with E-state index in [0.717, 1.165) is 26.1 Å². The van der Waals surface area contributed by atoms with Gasteiger partial charge in [-0.15, -0.1) is 0 Å². The molecular weight excluding hydrogens is 248 g/mol. The second-order valence-corrected chi connectivity index (χ2v) is 6.60. The maximum absolute atomic E-state index is 10.9. The number of likely N-dealkylation sites (tertiary alicyclic amines) is 2. The minimum absolute atomic E-state index is 0.344. The van der Waals surface area contributed by atoms with Crippen LogP contribution >= 0.6 is 0 Å². The molecule has 0 aromatic heterocycles. The van der Waals surface area contributed by atoms with Crippen LogP contribution in [0, 0.1) is 0 Å². The van der Waals surface area contributed by atoms with Gasteiger partial charge in [0.2, 0.25) is 0 Å². The Labute approximate surface area is 122 Å². The van der Waals surface area contributed by atoms with Crippen LogP contribution in [0.5, 0.6) is 0 Å². The Kier molecular flexibility index (Phi) is 4.11. The van der Waals surface area contributed by atoms with Gasteiger partial charge in [0, 0.05) is 25.7 Å². The fourth-order valence-corrected chi connectivity index (χ4v) is 3.86. The van der Waals surface area contributed by atoms with Gasteiger partial charge in [-0.1, -0.05) is 30.3 Å². The van der Waals surface area contributed by atoms with Crippen molar-refractivity contribution in [1.82, 2.24) is 9.80 Å². The summed E-state index contributed by atoms with van der Waals surface area (Å²) in [5.74, 6) is 0. The zero-order valence-electron chi connectivity index (χ0n) is 12.5. The molecule has 1 N–H and O–H groups in total. The SMILES string of the molecule is CC1(O)CN(Cc2ccccc2)CCC1N1CCCC1. The molecule has 3 nitrogen and oxygen atoms in total. The second kappa shape index (κ2) is 5.84. The molecule has 0 spiro atoms. The predicted octanol–water partition coefficient (Wildman–Crippen LogP) is 2.11. The molecule has 2 aliphatic heterocycles. The van der Waals surface area contributed by atoms with Crippen LogP contribution in [0.15, 0.2) is 30.3 Å². The summed E-state index contributed by atoms with van der Waals surface area (Å²) in [4.78, 5) is 4.89. The number of hydrogen-bond acceptors (Lipinski definition) is 3. The normalized spacial score (nSPS) is 32.6. The maximum Gasteiger partial charge on any atom is 0.0900 e. The molecule has 0 saturated carbocycles. The van der Waals surface area contributed by atoms with Gasteiger partial charge in [0.25, 0.3) is 0 Å². The number of β-amino-alcohol motifs (C(OH)–C–C–N with tert-alkyl or cyclic N) is 1. The van der Waals surface area contributed by atoms with Gasteiger partial charge in [0.05, 0.1) is 5.60 Å². The molecule has 3 rings (SSSR count). The maximum atomic E-state index is 10.9. The highest BCUT2D eigenvalue weighted by molar-refractivity contribution is 5.15. The summed E-state index contributed by atoms with van der Waals surface area (Å²) in [5, 5.41) is 10.9. The van der Waals surface area contributed by atoms with Gasteiger partial charge in [-0.05, 0) is 44.8 Å². The van der Waals surface area contributed by atoms with Crippen LogP contribution in [0.1, 0.15) is 31.7 Å². The fraction of sp³-hybridized carbons (Fsp3) is 0.647. The lowest BCUT2D eigenvalue weighted by molar-refractivity contribution is -0.0816. The summed E-state index contributed by atoms with van der Waals surface area (Å²) in [6.07, 6.45) is 3.67. The summed E-state index contributed by atoms with van der Waals surface area (Å²) < 4.78 is 0. The molecule has 0 radical (unpaired) electrons. The Bertz CT molecular complexity index is 426.